The molecule has 14 heavy (non-hydrogen) atoms. The predicted octanol–water partition coefficient (Wildman–Crippen LogP) is 2.18. The lowest BCUT2D eigenvalue weighted by atomic mass is 10.1. The normalized spacial score (nSPS) is 15.8. The topological polar surface area (TPSA) is 37.8 Å². The van der Waals surface area contributed by atoms with Crippen LogP contribution in [0.15, 0.2) is 6.20 Å². The van der Waals surface area contributed by atoms with E-state index in [9.17, 15) is 0 Å². The van der Waals surface area contributed by atoms with Crippen LogP contribution in [0.3, 0.4) is 0 Å². The Bertz CT molecular complexity index is 309. The van der Waals surface area contributed by atoms with E-state index in [0.717, 1.165) is 25.3 Å². The van der Waals surface area contributed by atoms with Crippen LogP contribution >= 0.6 is 0 Å². The van der Waals surface area contributed by atoms with Crippen molar-refractivity contribution in [3.63, 3.8) is 0 Å². The van der Waals surface area contributed by atoms with Crippen molar-refractivity contribution in [3.8, 4) is 0 Å². The number of aromatic nitrogens is 2. The second-order valence-corrected chi connectivity index (χ2v) is 3.76. The van der Waals surface area contributed by atoms with Crippen molar-refractivity contribution in [2.45, 2.75) is 39.0 Å². The Morgan fingerprint density at radius 3 is 3.00 bits per heavy atom. The minimum atomic E-state index is 0.785. The number of anilines is 1. The number of aryl methyl sites for hydroxylation is 2. The number of fused-ring (bicyclic) bond motifs is 1. The van der Waals surface area contributed by atoms with Crippen molar-refractivity contribution in [2.75, 3.05) is 11.9 Å². The van der Waals surface area contributed by atoms with Gasteiger partial charge >= 0.3 is 0 Å². The summed E-state index contributed by atoms with van der Waals surface area (Å²) in [6.07, 6.45) is 8.16. The first kappa shape index (κ1) is 9.44. The van der Waals surface area contributed by atoms with Gasteiger partial charge in [0.15, 0.2) is 0 Å². The van der Waals surface area contributed by atoms with Crippen LogP contribution in [-0.2, 0) is 12.8 Å². The van der Waals surface area contributed by atoms with Gasteiger partial charge in [0.25, 0.3) is 0 Å². The molecule has 76 valence electrons. The molecule has 0 fully saturated rings. The Kier molecular flexibility index (Phi) is 2.96. The molecule has 0 saturated carbocycles. The monoisotopic (exact) mass is 191 g/mol. The van der Waals surface area contributed by atoms with Crippen molar-refractivity contribution in [1.82, 2.24) is 9.97 Å². The summed E-state index contributed by atoms with van der Waals surface area (Å²) in [7, 11) is 0. The van der Waals surface area contributed by atoms with E-state index in [2.05, 4.69) is 22.2 Å². The zero-order valence-electron chi connectivity index (χ0n) is 8.71. The SMILES string of the molecule is CCNc1ncc2c(n1)CCCCC2. The van der Waals surface area contributed by atoms with Gasteiger partial charge in [-0.3, -0.25) is 0 Å². The zero-order valence-corrected chi connectivity index (χ0v) is 8.71. The van der Waals surface area contributed by atoms with Gasteiger partial charge in [0.1, 0.15) is 0 Å². The molecule has 1 aliphatic carbocycles. The molecule has 0 radical (unpaired) electrons. The maximum Gasteiger partial charge on any atom is 0.222 e. The van der Waals surface area contributed by atoms with Crippen molar-refractivity contribution >= 4 is 5.95 Å². The molecule has 1 N–H and O–H groups in total. The fourth-order valence-corrected chi connectivity index (χ4v) is 1.90. The van der Waals surface area contributed by atoms with Gasteiger partial charge < -0.3 is 5.32 Å². The van der Waals surface area contributed by atoms with Crippen LogP contribution in [0.1, 0.15) is 37.4 Å². The molecule has 1 aromatic rings. The predicted molar refractivity (Wildman–Crippen MR) is 57.5 cm³/mol. The Hall–Kier alpha value is -1.12. The molecule has 2 rings (SSSR count). The molecule has 0 unspecified atom stereocenters. The molecular weight excluding hydrogens is 174 g/mol. The highest BCUT2D eigenvalue weighted by Gasteiger charge is 2.10. The Labute approximate surface area is 85.0 Å². The molecule has 0 saturated heterocycles. The van der Waals surface area contributed by atoms with Crippen LogP contribution in [0.5, 0.6) is 0 Å². The first-order chi connectivity index (χ1) is 6.90. The number of nitrogens with one attached hydrogen (secondary N) is 1. The van der Waals surface area contributed by atoms with Crippen molar-refractivity contribution in [3.05, 3.63) is 17.5 Å². The quantitative estimate of drug-likeness (QED) is 0.728. The second kappa shape index (κ2) is 4.40. The molecule has 3 heteroatoms. The molecule has 0 atom stereocenters. The van der Waals surface area contributed by atoms with Crippen LogP contribution in [-0.4, -0.2) is 16.5 Å². The number of rotatable bonds is 2. The van der Waals surface area contributed by atoms with Crippen molar-refractivity contribution in [1.29, 1.82) is 0 Å². The lowest BCUT2D eigenvalue weighted by molar-refractivity contribution is 0.709. The van der Waals surface area contributed by atoms with Crippen molar-refractivity contribution in [2.24, 2.45) is 0 Å². The molecule has 0 amide bonds. The van der Waals surface area contributed by atoms with E-state index in [0.29, 0.717) is 0 Å². The van der Waals surface area contributed by atoms with E-state index >= 15 is 0 Å². The van der Waals surface area contributed by atoms with Crippen LogP contribution < -0.4 is 5.32 Å². The molecule has 0 spiro atoms. The third-order valence-electron chi connectivity index (χ3n) is 2.65. The largest absolute Gasteiger partial charge is 0.354 e. The van der Waals surface area contributed by atoms with Crippen LogP contribution in [0.4, 0.5) is 5.95 Å². The fraction of sp³-hybridized carbons (Fsp3) is 0.636. The van der Waals surface area contributed by atoms with Gasteiger partial charge in [0, 0.05) is 18.4 Å². The summed E-state index contributed by atoms with van der Waals surface area (Å²) in [6.45, 7) is 2.95. The summed E-state index contributed by atoms with van der Waals surface area (Å²) < 4.78 is 0. The first-order valence-electron chi connectivity index (χ1n) is 5.49. The van der Waals surface area contributed by atoms with E-state index in [-0.39, 0.29) is 0 Å². The van der Waals surface area contributed by atoms with Crippen LogP contribution in [0.25, 0.3) is 0 Å². The van der Waals surface area contributed by atoms with E-state index in [4.69, 9.17) is 0 Å². The second-order valence-electron chi connectivity index (χ2n) is 3.76. The van der Waals surface area contributed by atoms with Crippen LogP contribution in [0.2, 0.25) is 0 Å². The molecule has 0 aliphatic heterocycles. The van der Waals surface area contributed by atoms with E-state index in [1.807, 2.05) is 6.20 Å². The van der Waals surface area contributed by atoms with Crippen molar-refractivity contribution < 1.29 is 0 Å². The molecular formula is C11H17N3. The first-order valence-corrected chi connectivity index (χ1v) is 5.49. The highest BCUT2D eigenvalue weighted by atomic mass is 15.1. The standard InChI is InChI=1S/C11H17N3/c1-2-12-11-13-8-9-6-4-3-5-7-10(9)14-11/h8H,2-7H2,1H3,(H,12,13,14). The van der Waals surface area contributed by atoms with E-state index < -0.39 is 0 Å². The Balaban J connectivity index is 2.23. The third kappa shape index (κ3) is 2.03. The van der Waals surface area contributed by atoms with E-state index in [1.165, 1.54) is 30.5 Å². The smallest absolute Gasteiger partial charge is 0.222 e. The van der Waals surface area contributed by atoms with Gasteiger partial charge in [0.05, 0.1) is 0 Å². The lowest BCUT2D eigenvalue weighted by Gasteiger charge is -2.06. The maximum atomic E-state index is 4.54. The average molecular weight is 191 g/mol. The summed E-state index contributed by atoms with van der Waals surface area (Å²) in [4.78, 5) is 8.84. The summed E-state index contributed by atoms with van der Waals surface area (Å²) >= 11 is 0. The highest BCUT2D eigenvalue weighted by Crippen LogP contribution is 2.18. The zero-order chi connectivity index (χ0) is 9.80. The third-order valence-corrected chi connectivity index (χ3v) is 2.65. The molecule has 0 aromatic carbocycles. The minimum absolute atomic E-state index is 0.785. The number of hydrogen-bond acceptors (Lipinski definition) is 3. The fourth-order valence-electron chi connectivity index (χ4n) is 1.90. The Morgan fingerprint density at radius 2 is 2.14 bits per heavy atom. The Morgan fingerprint density at radius 1 is 1.29 bits per heavy atom. The van der Waals surface area contributed by atoms with E-state index in [1.54, 1.807) is 0 Å². The lowest BCUT2D eigenvalue weighted by Crippen LogP contribution is -2.05. The summed E-state index contributed by atoms with van der Waals surface area (Å²) in [5.41, 5.74) is 2.61. The molecule has 3 nitrogen and oxygen atoms in total. The van der Waals surface area contributed by atoms with Gasteiger partial charge in [0.2, 0.25) is 5.95 Å². The number of nitrogens with zero attached hydrogens (tertiary/aromatic N) is 2. The molecule has 1 aromatic heterocycles. The summed E-state index contributed by atoms with van der Waals surface area (Å²) in [5, 5.41) is 3.16. The molecule has 1 aliphatic rings. The van der Waals surface area contributed by atoms with Gasteiger partial charge in [-0.15, -0.1) is 0 Å². The average Bonchev–Trinajstić information content (AvgIpc) is 2.42. The van der Waals surface area contributed by atoms with Crippen LogP contribution in [0, 0.1) is 0 Å². The minimum Gasteiger partial charge on any atom is -0.354 e. The molecule has 1 heterocycles. The summed E-state index contributed by atoms with van der Waals surface area (Å²) in [5.74, 6) is 0.785. The maximum absolute atomic E-state index is 4.54. The van der Waals surface area contributed by atoms with Gasteiger partial charge in [-0.25, -0.2) is 9.97 Å². The van der Waals surface area contributed by atoms with Gasteiger partial charge in [-0.1, -0.05) is 6.42 Å². The van der Waals surface area contributed by atoms with Gasteiger partial charge in [-0.2, -0.15) is 0 Å². The number of hydrogen-bond donors (Lipinski definition) is 1. The molecule has 0 bridgehead atoms. The van der Waals surface area contributed by atoms with Gasteiger partial charge in [-0.05, 0) is 38.2 Å². The highest BCUT2D eigenvalue weighted by molar-refractivity contribution is 5.30. The summed E-state index contributed by atoms with van der Waals surface area (Å²) in [6, 6.07) is 0.